The van der Waals surface area contributed by atoms with Gasteiger partial charge in [0.2, 0.25) is 15.9 Å². The lowest BCUT2D eigenvalue weighted by Crippen LogP contribution is -2.36. The number of likely N-dealkylation sites (N-methyl/N-ethyl adjacent to an activating group) is 1. The highest BCUT2D eigenvalue weighted by molar-refractivity contribution is 7.89. The SMILES string of the molecule is CN(CC(=O)Nc1ccc(N2CCOCC2)cc1)S(=O)(=O)c1ccc(C(F)(F)F)cc1. The van der Waals surface area contributed by atoms with E-state index >= 15 is 0 Å². The second-order valence-corrected chi connectivity index (χ2v) is 9.02. The van der Waals surface area contributed by atoms with Crippen molar-refractivity contribution in [1.82, 2.24) is 4.31 Å². The summed E-state index contributed by atoms with van der Waals surface area (Å²) in [5, 5.41) is 2.62. The molecule has 1 heterocycles. The zero-order chi connectivity index (χ0) is 22.6. The fraction of sp³-hybridized carbons (Fsp3) is 0.350. The molecule has 0 saturated carbocycles. The lowest BCUT2D eigenvalue weighted by molar-refractivity contribution is -0.137. The van der Waals surface area contributed by atoms with E-state index in [1.54, 1.807) is 12.1 Å². The molecule has 1 aliphatic rings. The number of alkyl halides is 3. The van der Waals surface area contributed by atoms with E-state index in [1.807, 2.05) is 12.1 Å². The van der Waals surface area contributed by atoms with Crippen molar-refractivity contribution in [3.63, 3.8) is 0 Å². The highest BCUT2D eigenvalue weighted by Gasteiger charge is 2.31. The summed E-state index contributed by atoms with van der Waals surface area (Å²) in [6.07, 6.45) is -4.56. The fourth-order valence-corrected chi connectivity index (χ4v) is 4.19. The van der Waals surface area contributed by atoms with Gasteiger partial charge in [-0.15, -0.1) is 0 Å². The minimum absolute atomic E-state index is 0.328. The number of anilines is 2. The van der Waals surface area contributed by atoms with Gasteiger partial charge < -0.3 is 15.0 Å². The molecule has 0 bridgehead atoms. The van der Waals surface area contributed by atoms with Crippen LogP contribution in [0.2, 0.25) is 0 Å². The summed E-state index contributed by atoms with van der Waals surface area (Å²) in [7, 11) is -2.93. The van der Waals surface area contributed by atoms with Crippen molar-refractivity contribution in [2.24, 2.45) is 0 Å². The molecule has 3 rings (SSSR count). The van der Waals surface area contributed by atoms with E-state index in [1.165, 1.54) is 7.05 Å². The molecule has 1 fully saturated rings. The topological polar surface area (TPSA) is 79.0 Å². The summed E-state index contributed by atoms with van der Waals surface area (Å²) in [6, 6.07) is 10.3. The van der Waals surface area contributed by atoms with E-state index in [2.05, 4.69) is 10.2 Å². The number of nitrogens with one attached hydrogen (secondary N) is 1. The Morgan fingerprint density at radius 1 is 1.06 bits per heavy atom. The average Bonchev–Trinajstić information content (AvgIpc) is 2.74. The molecule has 1 saturated heterocycles. The van der Waals surface area contributed by atoms with Crippen LogP contribution < -0.4 is 10.2 Å². The number of nitrogens with zero attached hydrogens (tertiary/aromatic N) is 2. The van der Waals surface area contributed by atoms with Crippen LogP contribution in [-0.4, -0.2) is 58.5 Å². The number of amides is 1. The van der Waals surface area contributed by atoms with E-state index in [9.17, 15) is 26.4 Å². The van der Waals surface area contributed by atoms with Gasteiger partial charge in [-0.05, 0) is 48.5 Å². The first-order chi connectivity index (χ1) is 14.6. The highest BCUT2D eigenvalue weighted by atomic mass is 32.2. The van der Waals surface area contributed by atoms with Crippen LogP contribution in [0.5, 0.6) is 0 Å². The lowest BCUT2D eigenvalue weighted by atomic mass is 10.2. The molecule has 0 aromatic heterocycles. The molecule has 1 N–H and O–H groups in total. The van der Waals surface area contributed by atoms with Crippen molar-refractivity contribution in [3.8, 4) is 0 Å². The van der Waals surface area contributed by atoms with Gasteiger partial charge in [-0.3, -0.25) is 4.79 Å². The number of sulfonamides is 1. The van der Waals surface area contributed by atoms with Gasteiger partial charge in [-0.25, -0.2) is 8.42 Å². The Bertz CT molecular complexity index is 1000. The molecule has 0 atom stereocenters. The average molecular weight is 457 g/mol. The minimum Gasteiger partial charge on any atom is -0.378 e. The Kier molecular flexibility index (Phi) is 6.87. The Hall–Kier alpha value is -2.63. The first-order valence-electron chi connectivity index (χ1n) is 9.43. The zero-order valence-corrected chi connectivity index (χ0v) is 17.5. The van der Waals surface area contributed by atoms with Crippen molar-refractivity contribution in [2.75, 3.05) is 50.1 Å². The maximum atomic E-state index is 12.7. The van der Waals surface area contributed by atoms with Crippen molar-refractivity contribution < 1.29 is 31.1 Å². The van der Waals surface area contributed by atoms with Crippen LogP contribution >= 0.6 is 0 Å². The van der Waals surface area contributed by atoms with Crippen molar-refractivity contribution >= 4 is 27.3 Å². The minimum atomic E-state index is -4.56. The molecule has 31 heavy (non-hydrogen) atoms. The summed E-state index contributed by atoms with van der Waals surface area (Å²) < 4.78 is 69.2. The molecule has 0 radical (unpaired) electrons. The van der Waals surface area contributed by atoms with Gasteiger partial charge in [0.05, 0.1) is 30.2 Å². The molecule has 0 spiro atoms. The Labute approximate surface area is 178 Å². The highest BCUT2D eigenvalue weighted by Crippen LogP contribution is 2.30. The predicted molar refractivity (Wildman–Crippen MR) is 109 cm³/mol. The quantitative estimate of drug-likeness (QED) is 0.722. The number of ether oxygens (including phenoxy) is 1. The third kappa shape index (κ3) is 5.75. The van der Waals surface area contributed by atoms with Gasteiger partial charge in [0.1, 0.15) is 0 Å². The van der Waals surface area contributed by atoms with Gasteiger partial charge in [0, 0.05) is 31.5 Å². The Morgan fingerprint density at radius 3 is 2.19 bits per heavy atom. The number of hydrogen-bond donors (Lipinski definition) is 1. The summed E-state index contributed by atoms with van der Waals surface area (Å²) in [5.74, 6) is -0.572. The van der Waals surface area contributed by atoms with Gasteiger partial charge in [-0.1, -0.05) is 0 Å². The lowest BCUT2D eigenvalue weighted by Gasteiger charge is -2.28. The first-order valence-corrected chi connectivity index (χ1v) is 10.9. The zero-order valence-electron chi connectivity index (χ0n) is 16.7. The maximum Gasteiger partial charge on any atom is 0.416 e. The van der Waals surface area contributed by atoms with Crippen molar-refractivity contribution in [2.45, 2.75) is 11.1 Å². The number of rotatable bonds is 6. The van der Waals surface area contributed by atoms with Crippen molar-refractivity contribution in [3.05, 3.63) is 54.1 Å². The number of carbonyl (C=O) groups is 1. The van der Waals surface area contributed by atoms with E-state index < -0.39 is 34.2 Å². The van der Waals surface area contributed by atoms with Crippen LogP contribution in [0.15, 0.2) is 53.4 Å². The number of benzene rings is 2. The van der Waals surface area contributed by atoms with Gasteiger partial charge in [0.15, 0.2) is 0 Å². The number of hydrogen-bond acceptors (Lipinski definition) is 5. The van der Waals surface area contributed by atoms with Crippen LogP contribution in [0.3, 0.4) is 0 Å². The first kappa shape index (κ1) is 23.0. The molecule has 7 nitrogen and oxygen atoms in total. The molecule has 0 unspecified atom stereocenters. The summed E-state index contributed by atoms with van der Waals surface area (Å²) >= 11 is 0. The standard InChI is InChI=1S/C20H22F3N3O4S/c1-25(31(28,29)18-8-2-15(3-9-18)20(21,22)23)14-19(27)24-16-4-6-17(7-5-16)26-10-12-30-13-11-26/h2-9H,10-14H2,1H3,(H,24,27). The second-order valence-electron chi connectivity index (χ2n) is 6.98. The molecule has 1 amide bonds. The second kappa shape index (κ2) is 9.25. The normalized spacial score (nSPS) is 15.2. The van der Waals surface area contributed by atoms with Crippen molar-refractivity contribution in [1.29, 1.82) is 0 Å². The van der Waals surface area contributed by atoms with Crippen LogP contribution in [0, 0.1) is 0 Å². The fourth-order valence-electron chi connectivity index (χ4n) is 3.06. The number of halogens is 3. The molecule has 2 aromatic rings. The number of morpholine rings is 1. The van der Waals surface area contributed by atoms with E-state index in [0.717, 1.165) is 35.2 Å². The Balaban J connectivity index is 1.60. The molecular formula is C20H22F3N3O4S. The van der Waals surface area contributed by atoms with Crippen LogP contribution in [0.4, 0.5) is 24.5 Å². The van der Waals surface area contributed by atoms with Crippen LogP contribution in [0.1, 0.15) is 5.56 Å². The van der Waals surface area contributed by atoms with E-state index in [4.69, 9.17) is 4.74 Å². The monoisotopic (exact) mass is 457 g/mol. The molecule has 168 valence electrons. The predicted octanol–water partition coefficient (Wildman–Crippen LogP) is 2.80. The van der Waals surface area contributed by atoms with Gasteiger partial charge >= 0.3 is 6.18 Å². The van der Waals surface area contributed by atoms with Crippen LogP contribution in [0.25, 0.3) is 0 Å². The van der Waals surface area contributed by atoms with Gasteiger partial charge in [-0.2, -0.15) is 17.5 Å². The molecule has 1 aliphatic heterocycles. The van der Waals surface area contributed by atoms with Crippen LogP contribution in [-0.2, 0) is 25.7 Å². The summed E-state index contributed by atoms with van der Waals surface area (Å²) in [4.78, 5) is 14.1. The third-order valence-corrected chi connectivity index (χ3v) is 6.60. The largest absolute Gasteiger partial charge is 0.416 e. The third-order valence-electron chi connectivity index (χ3n) is 4.78. The summed E-state index contributed by atoms with van der Waals surface area (Å²) in [5.41, 5.74) is 0.540. The molecule has 0 aliphatic carbocycles. The smallest absolute Gasteiger partial charge is 0.378 e. The maximum absolute atomic E-state index is 12.7. The Morgan fingerprint density at radius 2 is 1.65 bits per heavy atom. The molecule has 11 heteroatoms. The van der Waals surface area contributed by atoms with Gasteiger partial charge in [0.25, 0.3) is 0 Å². The van der Waals surface area contributed by atoms with E-state index in [0.29, 0.717) is 31.0 Å². The molecule has 2 aromatic carbocycles. The van der Waals surface area contributed by atoms with E-state index in [-0.39, 0.29) is 4.90 Å². The molecular weight excluding hydrogens is 435 g/mol. The number of carbonyl (C=O) groups excluding carboxylic acids is 1. The summed E-state index contributed by atoms with van der Waals surface area (Å²) in [6.45, 7) is 2.36.